The number of hydrogen-bond donors (Lipinski definition) is 2. The predicted molar refractivity (Wildman–Crippen MR) is 100 cm³/mol. The molecule has 136 valence electrons. The van der Waals surface area contributed by atoms with Crippen molar-refractivity contribution in [1.29, 1.82) is 0 Å². The van der Waals surface area contributed by atoms with Crippen molar-refractivity contribution in [2.24, 2.45) is 0 Å². The van der Waals surface area contributed by atoms with E-state index in [1.54, 1.807) is 17.3 Å². The maximum atomic E-state index is 12.1. The van der Waals surface area contributed by atoms with E-state index in [0.717, 1.165) is 16.3 Å². The minimum Gasteiger partial charge on any atom is -0.483 e. The number of rotatable bonds is 6. The molecular weight excluding hydrogens is 330 g/mol. The maximum Gasteiger partial charge on any atom is 0.258 e. The lowest BCUT2D eigenvalue weighted by Gasteiger charge is -2.21. The van der Waals surface area contributed by atoms with Crippen LogP contribution in [0, 0.1) is 0 Å². The second kappa shape index (κ2) is 7.43. The van der Waals surface area contributed by atoms with Crippen LogP contribution in [0.5, 0.6) is 5.75 Å². The number of hydrogen-bond acceptors (Lipinski definition) is 5. The lowest BCUT2D eigenvalue weighted by Crippen LogP contribution is -2.43. The Labute approximate surface area is 152 Å². The first-order chi connectivity index (χ1) is 12.4. The van der Waals surface area contributed by atoms with Crippen LogP contribution in [-0.2, 0) is 11.3 Å². The van der Waals surface area contributed by atoms with Crippen molar-refractivity contribution in [2.75, 3.05) is 12.0 Å². The summed E-state index contributed by atoms with van der Waals surface area (Å²) in [7, 11) is 0. The molecule has 0 saturated carbocycles. The number of fused-ring (bicyclic) bond motifs is 1. The monoisotopic (exact) mass is 353 g/mol. The number of aromatic nitrogens is 3. The van der Waals surface area contributed by atoms with Crippen LogP contribution >= 0.6 is 0 Å². The molecule has 2 aromatic carbocycles. The molecule has 0 atom stereocenters. The number of benzene rings is 2. The first-order valence-electron chi connectivity index (χ1n) is 8.45. The van der Waals surface area contributed by atoms with Crippen LogP contribution in [0.4, 0.5) is 0 Å². The molecule has 0 radical (unpaired) electrons. The van der Waals surface area contributed by atoms with Gasteiger partial charge in [0.25, 0.3) is 5.91 Å². The van der Waals surface area contributed by atoms with Crippen molar-refractivity contribution < 1.29 is 9.53 Å². The molecule has 7 heteroatoms. The number of nitrogens with zero attached hydrogens (tertiary/aromatic N) is 3. The van der Waals surface area contributed by atoms with E-state index in [2.05, 4.69) is 20.9 Å². The molecule has 2 N–H and O–H groups in total. The van der Waals surface area contributed by atoms with Gasteiger partial charge in [-0.05, 0) is 37.6 Å². The van der Waals surface area contributed by atoms with Crippen LogP contribution in [0.25, 0.3) is 10.8 Å². The van der Waals surface area contributed by atoms with Gasteiger partial charge in [-0.15, -0.1) is 10.2 Å². The summed E-state index contributed by atoms with van der Waals surface area (Å²) in [5.41, 5.74) is 3.89. The van der Waals surface area contributed by atoms with Crippen molar-refractivity contribution in [3.8, 4) is 5.75 Å². The number of nitrogens with one attached hydrogen (secondary N) is 2. The molecule has 3 aromatic rings. The van der Waals surface area contributed by atoms with Gasteiger partial charge in [0, 0.05) is 11.1 Å². The van der Waals surface area contributed by atoms with Crippen molar-refractivity contribution in [3.63, 3.8) is 0 Å². The Kier molecular flexibility index (Phi) is 5.06. The second-order valence-corrected chi connectivity index (χ2v) is 7.05. The summed E-state index contributed by atoms with van der Waals surface area (Å²) in [6, 6.07) is 12.0. The van der Waals surface area contributed by atoms with Crippen LogP contribution in [0.1, 0.15) is 26.3 Å². The Balaban J connectivity index is 1.81. The highest BCUT2D eigenvalue weighted by Crippen LogP contribution is 2.28. The SMILES string of the molecule is CC(C)(C)NC(=O)COc1ccc2ccccc2c1CNn1cnnc1. The summed E-state index contributed by atoms with van der Waals surface area (Å²) >= 11 is 0. The molecular formula is C19H23N5O2. The average Bonchev–Trinajstić information content (AvgIpc) is 3.10. The summed E-state index contributed by atoms with van der Waals surface area (Å²) in [5, 5.41) is 12.6. The Morgan fingerprint density at radius 1 is 1.12 bits per heavy atom. The largest absolute Gasteiger partial charge is 0.483 e. The highest BCUT2D eigenvalue weighted by atomic mass is 16.5. The molecule has 0 unspecified atom stereocenters. The highest BCUT2D eigenvalue weighted by Gasteiger charge is 2.15. The lowest BCUT2D eigenvalue weighted by atomic mass is 10.0. The molecule has 1 amide bonds. The van der Waals surface area contributed by atoms with Crippen LogP contribution in [0.3, 0.4) is 0 Å². The fourth-order valence-corrected chi connectivity index (χ4v) is 2.68. The zero-order chi connectivity index (χ0) is 18.6. The Bertz CT molecular complexity index is 885. The number of ether oxygens (including phenoxy) is 1. The van der Waals surface area contributed by atoms with E-state index in [0.29, 0.717) is 12.3 Å². The molecule has 0 aliphatic rings. The zero-order valence-corrected chi connectivity index (χ0v) is 15.2. The highest BCUT2D eigenvalue weighted by molar-refractivity contribution is 5.88. The Morgan fingerprint density at radius 3 is 2.58 bits per heavy atom. The van der Waals surface area contributed by atoms with Gasteiger partial charge < -0.3 is 15.5 Å². The van der Waals surface area contributed by atoms with E-state index in [9.17, 15) is 4.79 Å². The molecule has 0 aliphatic heterocycles. The minimum atomic E-state index is -0.289. The van der Waals surface area contributed by atoms with Crippen LogP contribution in [0.15, 0.2) is 49.1 Å². The molecule has 7 nitrogen and oxygen atoms in total. The van der Waals surface area contributed by atoms with Gasteiger partial charge in [0.05, 0.1) is 6.54 Å². The fourth-order valence-electron chi connectivity index (χ4n) is 2.68. The predicted octanol–water partition coefficient (Wildman–Crippen LogP) is 2.47. The fraction of sp³-hybridized carbons (Fsp3) is 0.316. The molecule has 26 heavy (non-hydrogen) atoms. The van der Waals surface area contributed by atoms with Gasteiger partial charge >= 0.3 is 0 Å². The summed E-state index contributed by atoms with van der Waals surface area (Å²) in [6.07, 6.45) is 3.17. The Morgan fingerprint density at radius 2 is 1.85 bits per heavy atom. The third-order valence-corrected chi connectivity index (χ3v) is 3.73. The van der Waals surface area contributed by atoms with Gasteiger partial charge in [-0.2, -0.15) is 0 Å². The maximum absolute atomic E-state index is 12.1. The zero-order valence-electron chi connectivity index (χ0n) is 15.2. The van der Waals surface area contributed by atoms with Crippen LogP contribution in [0.2, 0.25) is 0 Å². The molecule has 0 aliphatic carbocycles. The quantitative estimate of drug-likeness (QED) is 0.711. The normalized spacial score (nSPS) is 11.3. The first-order valence-corrected chi connectivity index (χ1v) is 8.45. The van der Waals surface area contributed by atoms with E-state index in [1.165, 1.54) is 0 Å². The summed E-state index contributed by atoms with van der Waals surface area (Å²) in [5.74, 6) is 0.525. The van der Waals surface area contributed by atoms with Crippen molar-refractivity contribution in [3.05, 3.63) is 54.6 Å². The van der Waals surface area contributed by atoms with Gasteiger partial charge in [-0.3, -0.25) is 4.79 Å². The third-order valence-electron chi connectivity index (χ3n) is 3.73. The molecule has 3 rings (SSSR count). The van der Waals surface area contributed by atoms with Crippen LogP contribution < -0.4 is 15.5 Å². The third kappa shape index (κ3) is 4.50. The van der Waals surface area contributed by atoms with Gasteiger partial charge in [0.1, 0.15) is 18.4 Å². The number of carbonyl (C=O) groups is 1. The summed E-state index contributed by atoms with van der Waals surface area (Å²) < 4.78 is 7.51. The van der Waals surface area contributed by atoms with Crippen molar-refractivity contribution in [1.82, 2.24) is 20.2 Å². The molecule has 0 bridgehead atoms. The van der Waals surface area contributed by atoms with Crippen molar-refractivity contribution in [2.45, 2.75) is 32.9 Å². The topological polar surface area (TPSA) is 81.1 Å². The van der Waals surface area contributed by atoms with Crippen LogP contribution in [-0.4, -0.2) is 32.9 Å². The lowest BCUT2D eigenvalue weighted by molar-refractivity contribution is -0.124. The summed E-state index contributed by atoms with van der Waals surface area (Å²) in [6.45, 7) is 6.30. The average molecular weight is 353 g/mol. The minimum absolute atomic E-state index is 0.0325. The molecule has 0 saturated heterocycles. The number of carbonyl (C=O) groups excluding carboxylic acids is 1. The van der Waals surface area contributed by atoms with E-state index in [-0.39, 0.29) is 18.1 Å². The smallest absolute Gasteiger partial charge is 0.258 e. The molecule has 1 aromatic heterocycles. The van der Waals surface area contributed by atoms with Crippen molar-refractivity contribution >= 4 is 16.7 Å². The first kappa shape index (κ1) is 17.7. The van der Waals surface area contributed by atoms with E-state index >= 15 is 0 Å². The molecule has 0 spiro atoms. The summed E-state index contributed by atoms with van der Waals surface area (Å²) in [4.78, 5) is 12.1. The molecule has 1 heterocycles. The van der Waals surface area contributed by atoms with Gasteiger partial charge in [-0.1, -0.05) is 30.3 Å². The van der Waals surface area contributed by atoms with Gasteiger partial charge in [0.15, 0.2) is 6.61 Å². The van der Waals surface area contributed by atoms with E-state index < -0.39 is 0 Å². The Hall–Kier alpha value is -3.09. The van der Waals surface area contributed by atoms with Gasteiger partial charge in [0.2, 0.25) is 0 Å². The van der Waals surface area contributed by atoms with E-state index in [1.807, 2.05) is 57.2 Å². The second-order valence-electron chi connectivity index (χ2n) is 7.05. The van der Waals surface area contributed by atoms with E-state index in [4.69, 9.17) is 4.74 Å². The van der Waals surface area contributed by atoms with Gasteiger partial charge in [-0.25, -0.2) is 4.68 Å². The number of amides is 1. The molecule has 0 fully saturated rings. The standard InChI is InChI=1S/C19H23N5O2/c1-19(2,3)23-18(25)11-26-17-9-8-14-6-4-5-7-15(14)16(17)10-22-24-12-20-21-13-24/h4-9,12-13,22H,10-11H2,1-3H3,(H,23,25).